The van der Waals surface area contributed by atoms with Crippen LogP contribution in [0.25, 0.3) is 0 Å². The van der Waals surface area contributed by atoms with Crippen molar-refractivity contribution in [2.24, 2.45) is 0 Å². The smallest absolute Gasteiger partial charge is 0.0638 e. The molecule has 3 heterocycles. The summed E-state index contributed by atoms with van der Waals surface area (Å²) in [5.41, 5.74) is 0.470. The van der Waals surface area contributed by atoms with Crippen molar-refractivity contribution in [3.8, 4) is 0 Å². The average molecular weight is 140 g/mol. The van der Waals surface area contributed by atoms with Crippen molar-refractivity contribution in [2.75, 3.05) is 19.8 Å². The molecule has 3 atom stereocenters. The van der Waals surface area contributed by atoms with Gasteiger partial charge in [0, 0.05) is 19.2 Å². The molecular formula is C7H12N2O. The van der Waals surface area contributed by atoms with Gasteiger partial charge in [-0.05, 0) is 6.42 Å². The zero-order chi connectivity index (χ0) is 6.60. The van der Waals surface area contributed by atoms with Gasteiger partial charge in [-0.3, -0.25) is 0 Å². The van der Waals surface area contributed by atoms with Gasteiger partial charge in [-0.2, -0.15) is 0 Å². The summed E-state index contributed by atoms with van der Waals surface area (Å²) in [6.07, 6.45) is 1.20. The van der Waals surface area contributed by atoms with Crippen molar-refractivity contribution in [3.05, 3.63) is 0 Å². The van der Waals surface area contributed by atoms with E-state index in [-0.39, 0.29) is 0 Å². The Hall–Kier alpha value is -0.120. The van der Waals surface area contributed by atoms with E-state index < -0.39 is 0 Å². The average Bonchev–Trinajstić information content (AvgIpc) is 1.99. The summed E-state index contributed by atoms with van der Waals surface area (Å²) in [5.74, 6) is 0. The van der Waals surface area contributed by atoms with Crippen LogP contribution < -0.4 is 10.6 Å². The van der Waals surface area contributed by atoms with Gasteiger partial charge in [0.1, 0.15) is 0 Å². The highest BCUT2D eigenvalue weighted by molar-refractivity contribution is 5.24. The van der Waals surface area contributed by atoms with Gasteiger partial charge in [0.2, 0.25) is 0 Å². The van der Waals surface area contributed by atoms with Gasteiger partial charge in [0.05, 0.1) is 18.2 Å². The molecule has 0 aromatic carbocycles. The third-order valence-corrected chi connectivity index (χ3v) is 3.23. The SMILES string of the molecule is C1CC23NCC2NC3CO1. The van der Waals surface area contributed by atoms with Gasteiger partial charge >= 0.3 is 0 Å². The lowest BCUT2D eigenvalue weighted by Gasteiger charge is -2.66. The molecule has 0 amide bonds. The molecule has 0 aromatic heterocycles. The summed E-state index contributed by atoms with van der Waals surface area (Å²) in [7, 11) is 0. The van der Waals surface area contributed by atoms with E-state index in [2.05, 4.69) is 10.6 Å². The predicted molar refractivity (Wildman–Crippen MR) is 36.9 cm³/mol. The minimum atomic E-state index is 0.470. The second kappa shape index (κ2) is 1.55. The lowest BCUT2D eigenvalue weighted by Crippen LogP contribution is -2.92. The Balaban J connectivity index is 1.85. The van der Waals surface area contributed by atoms with Crippen molar-refractivity contribution in [1.82, 2.24) is 10.6 Å². The Labute approximate surface area is 60.1 Å². The predicted octanol–water partition coefficient (Wildman–Crippen LogP) is -0.911. The number of piperazine rings is 1. The van der Waals surface area contributed by atoms with Crippen molar-refractivity contribution >= 4 is 0 Å². The number of rotatable bonds is 0. The maximum Gasteiger partial charge on any atom is 0.0638 e. The summed E-state index contributed by atoms with van der Waals surface area (Å²) in [6, 6.07) is 1.38. The van der Waals surface area contributed by atoms with Gasteiger partial charge in [-0.25, -0.2) is 0 Å². The lowest BCUT2D eigenvalue weighted by molar-refractivity contribution is -0.110. The van der Waals surface area contributed by atoms with E-state index in [0.717, 1.165) is 25.8 Å². The molecule has 3 saturated heterocycles. The largest absolute Gasteiger partial charge is 0.380 e. The Bertz CT molecular complexity index is 171. The molecule has 0 radical (unpaired) electrons. The highest BCUT2D eigenvalue weighted by atomic mass is 16.5. The molecule has 3 unspecified atom stereocenters. The van der Waals surface area contributed by atoms with Crippen LogP contribution in [0.2, 0.25) is 0 Å². The summed E-state index contributed by atoms with van der Waals surface area (Å²) >= 11 is 0. The Morgan fingerprint density at radius 2 is 2.40 bits per heavy atom. The van der Waals surface area contributed by atoms with E-state index in [9.17, 15) is 0 Å². The minimum absolute atomic E-state index is 0.470. The fourth-order valence-corrected chi connectivity index (χ4v) is 2.41. The molecule has 10 heavy (non-hydrogen) atoms. The van der Waals surface area contributed by atoms with Gasteiger partial charge < -0.3 is 15.4 Å². The fourth-order valence-electron chi connectivity index (χ4n) is 2.41. The zero-order valence-electron chi connectivity index (χ0n) is 5.89. The van der Waals surface area contributed by atoms with Gasteiger partial charge in [0.15, 0.2) is 0 Å². The Morgan fingerprint density at radius 3 is 2.90 bits per heavy atom. The zero-order valence-corrected chi connectivity index (χ0v) is 5.89. The van der Waals surface area contributed by atoms with Crippen LogP contribution in [0.5, 0.6) is 0 Å². The van der Waals surface area contributed by atoms with E-state index in [1.54, 1.807) is 0 Å². The first-order valence-electron chi connectivity index (χ1n) is 4.01. The highest BCUT2D eigenvalue weighted by Crippen LogP contribution is 2.38. The van der Waals surface area contributed by atoms with E-state index in [1.165, 1.54) is 6.42 Å². The molecule has 0 aromatic rings. The van der Waals surface area contributed by atoms with Crippen LogP contribution in [-0.4, -0.2) is 37.4 Å². The van der Waals surface area contributed by atoms with Gasteiger partial charge in [0.25, 0.3) is 0 Å². The first kappa shape index (κ1) is 5.52. The summed E-state index contributed by atoms with van der Waals surface area (Å²) in [4.78, 5) is 0. The number of hydrogen-bond donors (Lipinski definition) is 2. The quantitative estimate of drug-likeness (QED) is 0.457. The molecule has 3 rings (SSSR count). The third kappa shape index (κ3) is 0.418. The van der Waals surface area contributed by atoms with Crippen molar-refractivity contribution in [2.45, 2.75) is 24.0 Å². The summed E-state index contributed by atoms with van der Waals surface area (Å²) in [5, 5.41) is 7.00. The highest BCUT2D eigenvalue weighted by Gasteiger charge is 2.61. The molecule has 3 heteroatoms. The lowest BCUT2D eigenvalue weighted by atomic mass is 9.65. The van der Waals surface area contributed by atoms with Crippen LogP contribution >= 0.6 is 0 Å². The van der Waals surface area contributed by atoms with Crippen LogP contribution in [0.15, 0.2) is 0 Å². The topological polar surface area (TPSA) is 33.3 Å². The normalized spacial score (nSPS) is 57.6. The van der Waals surface area contributed by atoms with Crippen molar-refractivity contribution < 1.29 is 4.74 Å². The monoisotopic (exact) mass is 140 g/mol. The van der Waals surface area contributed by atoms with E-state index >= 15 is 0 Å². The second-order valence-electron chi connectivity index (χ2n) is 3.52. The van der Waals surface area contributed by atoms with E-state index in [0.29, 0.717) is 11.6 Å². The Morgan fingerprint density at radius 1 is 1.40 bits per heavy atom. The second-order valence-corrected chi connectivity index (χ2v) is 3.52. The molecule has 0 aliphatic carbocycles. The van der Waals surface area contributed by atoms with Gasteiger partial charge in [-0.15, -0.1) is 0 Å². The first-order chi connectivity index (χ1) is 4.92. The van der Waals surface area contributed by atoms with Crippen molar-refractivity contribution in [3.63, 3.8) is 0 Å². The summed E-state index contributed by atoms with van der Waals surface area (Å²) < 4.78 is 5.35. The van der Waals surface area contributed by atoms with Crippen LogP contribution in [0, 0.1) is 0 Å². The summed E-state index contributed by atoms with van der Waals surface area (Å²) in [6.45, 7) is 3.02. The number of nitrogens with one attached hydrogen (secondary N) is 2. The van der Waals surface area contributed by atoms with Crippen LogP contribution in [0.3, 0.4) is 0 Å². The number of ether oxygens (including phenoxy) is 1. The molecule has 1 spiro atoms. The maximum absolute atomic E-state index is 5.35. The molecule has 0 bridgehead atoms. The molecule has 3 aliphatic heterocycles. The third-order valence-electron chi connectivity index (χ3n) is 3.23. The minimum Gasteiger partial charge on any atom is -0.380 e. The Kier molecular flexibility index (Phi) is 0.854. The van der Waals surface area contributed by atoms with Crippen LogP contribution in [0.1, 0.15) is 6.42 Å². The first-order valence-corrected chi connectivity index (χ1v) is 4.01. The van der Waals surface area contributed by atoms with Crippen LogP contribution in [-0.2, 0) is 4.74 Å². The van der Waals surface area contributed by atoms with Crippen LogP contribution in [0.4, 0.5) is 0 Å². The molecule has 3 fully saturated rings. The van der Waals surface area contributed by atoms with Crippen molar-refractivity contribution in [1.29, 1.82) is 0 Å². The molecular weight excluding hydrogens is 128 g/mol. The van der Waals surface area contributed by atoms with E-state index in [1.807, 2.05) is 0 Å². The maximum atomic E-state index is 5.35. The molecule has 2 N–H and O–H groups in total. The fraction of sp³-hybridized carbons (Fsp3) is 1.00. The molecule has 0 saturated carbocycles. The number of hydrogen-bond acceptors (Lipinski definition) is 3. The van der Waals surface area contributed by atoms with E-state index in [4.69, 9.17) is 4.74 Å². The molecule has 56 valence electrons. The standard InChI is InChI=1S/C7H12N2O/c1-2-10-4-6-7(1)5(9-6)3-8-7/h5-6,8-9H,1-4H2. The molecule has 3 aliphatic rings. The molecule has 3 nitrogen and oxygen atoms in total. The van der Waals surface area contributed by atoms with Gasteiger partial charge in [-0.1, -0.05) is 0 Å².